The minimum Gasteiger partial charge on any atom is -0.468 e. The zero-order valence-electron chi connectivity index (χ0n) is 9.93. The summed E-state index contributed by atoms with van der Waals surface area (Å²) >= 11 is 0. The van der Waals surface area contributed by atoms with E-state index in [9.17, 15) is 4.79 Å². The van der Waals surface area contributed by atoms with Crippen LogP contribution in [0.1, 0.15) is 26.0 Å². The van der Waals surface area contributed by atoms with Crippen LogP contribution in [0.2, 0.25) is 0 Å². The number of carbonyl (C=O) groups excluding carboxylic acids is 1. The first-order valence-corrected chi connectivity index (χ1v) is 5.35. The molecule has 1 aromatic heterocycles. The third kappa shape index (κ3) is 3.98. The van der Waals surface area contributed by atoms with Gasteiger partial charge in [0.2, 0.25) is 0 Å². The lowest BCUT2D eigenvalue weighted by atomic mass is 10.2. The van der Waals surface area contributed by atoms with Gasteiger partial charge in [0.25, 0.3) is 0 Å². The second kappa shape index (κ2) is 6.22. The fourth-order valence-corrected chi connectivity index (χ4v) is 1.12. The molecule has 6 nitrogen and oxygen atoms in total. The molecule has 90 valence electrons. The molecule has 0 bridgehead atoms. The molecule has 0 fully saturated rings. The topological polar surface area (TPSA) is 69.0 Å². The van der Waals surface area contributed by atoms with Crippen LogP contribution in [0.4, 0.5) is 0 Å². The highest BCUT2D eigenvalue weighted by molar-refractivity contribution is 5.68. The molecule has 0 aliphatic rings. The smallest absolute Gasteiger partial charge is 0.327 e. The summed E-state index contributed by atoms with van der Waals surface area (Å²) in [6.45, 7) is 4.99. The second-order valence-electron chi connectivity index (χ2n) is 3.67. The summed E-state index contributed by atoms with van der Waals surface area (Å²) in [7, 11) is 1.35. The van der Waals surface area contributed by atoms with E-state index in [1.54, 1.807) is 6.20 Å². The number of ether oxygens (including phenoxy) is 1. The Morgan fingerprint density at radius 1 is 1.69 bits per heavy atom. The molecule has 1 N–H and O–H groups in total. The van der Waals surface area contributed by atoms with Crippen LogP contribution in [-0.4, -0.2) is 34.1 Å². The standard InChI is InChI=1S/C10H18N4O2/c1-4-8(2)11-5-9-6-14(13-12-9)7-10(15)16-3/h6,8,11H,4-5,7H2,1-3H3. The van der Waals surface area contributed by atoms with Crippen molar-refractivity contribution in [3.8, 4) is 0 Å². The van der Waals surface area contributed by atoms with Crippen LogP contribution in [0.3, 0.4) is 0 Å². The molecule has 0 amide bonds. The summed E-state index contributed by atoms with van der Waals surface area (Å²) in [4.78, 5) is 11.0. The van der Waals surface area contributed by atoms with E-state index in [0.717, 1.165) is 12.1 Å². The molecule has 0 aliphatic heterocycles. The summed E-state index contributed by atoms with van der Waals surface area (Å²) in [6, 6.07) is 0.450. The van der Waals surface area contributed by atoms with Crippen LogP contribution < -0.4 is 5.32 Å². The van der Waals surface area contributed by atoms with Crippen molar-refractivity contribution in [2.75, 3.05) is 7.11 Å². The maximum atomic E-state index is 11.0. The molecular formula is C10H18N4O2. The van der Waals surface area contributed by atoms with Gasteiger partial charge in [-0.05, 0) is 13.3 Å². The van der Waals surface area contributed by atoms with Crippen LogP contribution in [0.15, 0.2) is 6.20 Å². The number of aromatic nitrogens is 3. The number of rotatable bonds is 6. The van der Waals surface area contributed by atoms with Gasteiger partial charge in [0.15, 0.2) is 0 Å². The first-order valence-electron chi connectivity index (χ1n) is 5.35. The Bertz CT molecular complexity index is 337. The van der Waals surface area contributed by atoms with E-state index in [0.29, 0.717) is 12.6 Å². The molecule has 0 radical (unpaired) electrons. The highest BCUT2D eigenvalue weighted by Gasteiger charge is 2.06. The van der Waals surface area contributed by atoms with E-state index in [2.05, 4.69) is 34.2 Å². The van der Waals surface area contributed by atoms with Crippen molar-refractivity contribution >= 4 is 5.97 Å². The number of hydrogen-bond acceptors (Lipinski definition) is 5. The highest BCUT2D eigenvalue weighted by Crippen LogP contribution is 1.96. The number of methoxy groups -OCH3 is 1. The number of esters is 1. The Morgan fingerprint density at radius 2 is 2.44 bits per heavy atom. The second-order valence-corrected chi connectivity index (χ2v) is 3.67. The first kappa shape index (κ1) is 12.6. The SMILES string of the molecule is CCC(C)NCc1cn(CC(=O)OC)nn1. The lowest BCUT2D eigenvalue weighted by molar-refractivity contribution is -0.141. The van der Waals surface area contributed by atoms with E-state index in [4.69, 9.17) is 0 Å². The molecule has 0 saturated carbocycles. The highest BCUT2D eigenvalue weighted by atomic mass is 16.5. The van der Waals surface area contributed by atoms with Crippen molar-refractivity contribution < 1.29 is 9.53 Å². The summed E-state index contributed by atoms with van der Waals surface area (Å²) < 4.78 is 6.01. The molecule has 0 saturated heterocycles. The zero-order chi connectivity index (χ0) is 12.0. The van der Waals surface area contributed by atoms with E-state index < -0.39 is 0 Å². The van der Waals surface area contributed by atoms with E-state index in [1.807, 2.05) is 0 Å². The van der Waals surface area contributed by atoms with Gasteiger partial charge in [0, 0.05) is 12.6 Å². The number of nitrogens with zero attached hydrogens (tertiary/aromatic N) is 3. The maximum Gasteiger partial charge on any atom is 0.327 e. The predicted octanol–water partition coefficient (Wildman–Crippen LogP) is 0.339. The van der Waals surface area contributed by atoms with E-state index in [-0.39, 0.29) is 12.5 Å². The Hall–Kier alpha value is -1.43. The molecule has 1 heterocycles. The normalized spacial score (nSPS) is 12.4. The van der Waals surface area contributed by atoms with Crippen molar-refractivity contribution in [3.05, 3.63) is 11.9 Å². The maximum absolute atomic E-state index is 11.0. The van der Waals surface area contributed by atoms with Gasteiger partial charge in [0.05, 0.1) is 19.0 Å². The molecule has 1 aromatic rings. The molecule has 1 atom stereocenters. The van der Waals surface area contributed by atoms with Crippen molar-refractivity contribution in [1.82, 2.24) is 20.3 Å². The molecule has 16 heavy (non-hydrogen) atoms. The molecule has 0 spiro atoms. The Balaban J connectivity index is 2.42. The van der Waals surface area contributed by atoms with E-state index in [1.165, 1.54) is 11.8 Å². The van der Waals surface area contributed by atoms with Crippen molar-refractivity contribution in [2.45, 2.75) is 39.4 Å². The fraction of sp³-hybridized carbons (Fsp3) is 0.700. The summed E-state index contributed by atoms with van der Waals surface area (Å²) in [5.74, 6) is -0.327. The summed E-state index contributed by atoms with van der Waals surface area (Å²) in [5, 5.41) is 11.1. The lowest BCUT2D eigenvalue weighted by Gasteiger charge is -2.08. The van der Waals surface area contributed by atoms with Crippen LogP contribution in [0, 0.1) is 0 Å². The monoisotopic (exact) mass is 226 g/mol. The Morgan fingerprint density at radius 3 is 3.06 bits per heavy atom. The van der Waals surface area contributed by atoms with Gasteiger partial charge >= 0.3 is 5.97 Å². The van der Waals surface area contributed by atoms with Crippen LogP contribution >= 0.6 is 0 Å². The third-order valence-corrected chi connectivity index (χ3v) is 2.35. The van der Waals surface area contributed by atoms with Crippen molar-refractivity contribution in [2.24, 2.45) is 0 Å². The minimum absolute atomic E-state index is 0.104. The Kier molecular flexibility index (Phi) is 4.91. The molecule has 0 aromatic carbocycles. The number of carbonyl (C=O) groups is 1. The minimum atomic E-state index is -0.327. The quantitative estimate of drug-likeness (QED) is 0.708. The number of nitrogens with one attached hydrogen (secondary N) is 1. The predicted molar refractivity (Wildman–Crippen MR) is 58.6 cm³/mol. The average molecular weight is 226 g/mol. The fourth-order valence-electron chi connectivity index (χ4n) is 1.12. The van der Waals surface area contributed by atoms with Gasteiger partial charge < -0.3 is 10.1 Å². The van der Waals surface area contributed by atoms with Crippen LogP contribution in [-0.2, 0) is 22.6 Å². The largest absolute Gasteiger partial charge is 0.468 e. The molecule has 1 rings (SSSR count). The van der Waals surface area contributed by atoms with Crippen LogP contribution in [0.5, 0.6) is 0 Å². The lowest BCUT2D eigenvalue weighted by Crippen LogP contribution is -2.24. The Labute approximate surface area is 95.0 Å². The zero-order valence-corrected chi connectivity index (χ0v) is 9.93. The summed E-state index contributed by atoms with van der Waals surface area (Å²) in [6.07, 6.45) is 2.81. The average Bonchev–Trinajstić information content (AvgIpc) is 2.73. The molecule has 6 heteroatoms. The van der Waals surface area contributed by atoms with Crippen molar-refractivity contribution in [3.63, 3.8) is 0 Å². The van der Waals surface area contributed by atoms with Gasteiger partial charge in [-0.3, -0.25) is 4.79 Å². The molecule has 1 unspecified atom stereocenters. The number of hydrogen-bond donors (Lipinski definition) is 1. The summed E-state index contributed by atoms with van der Waals surface area (Å²) in [5.41, 5.74) is 0.823. The molecule has 0 aliphatic carbocycles. The van der Waals surface area contributed by atoms with Crippen LogP contribution in [0.25, 0.3) is 0 Å². The van der Waals surface area contributed by atoms with Gasteiger partial charge in [-0.15, -0.1) is 5.10 Å². The van der Waals surface area contributed by atoms with Gasteiger partial charge in [0.1, 0.15) is 6.54 Å². The van der Waals surface area contributed by atoms with Gasteiger partial charge in [-0.25, -0.2) is 4.68 Å². The van der Waals surface area contributed by atoms with Gasteiger partial charge in [-0.2, -0.15) is 0 Å². The molecular weight excluding hydrogens is 208 g/mol. The van der Waals surface area contributed by atoms with E-state index >= 15 is 0 Å². The first-order chi connectivity index (χ1) is 7.65. The van der Waals surface area contributed by atoms with Crippen molar-refractivity contribution in [1.29, 1.82) is 0 Å². The third-order valence-electron chi connectivity index (χ3n) is 2.35. The van der Waals surface area contributed by atoms with Gasteiger partial charge in [-0.1, -0.05) is 12.1 Å².